The lowest BCUT2D eigenvalue weighted by Gasteiger charge is -2.31. The summed E-state index contributed by atoms with van der Waals surface area (Å²) in [7, 11) is 0. The van der Waals surface area contributed by atoms with Crippen LogP contribution in [0, 0.1) is 10.1 Å². The zero-order chi connectivity index (χ0) is 16.2. The topological polar surface area (TPSA) is 94.3 Å². The van der Waals surface area contributed by atoms with Crippen molar-refractivity contribution in [2.45, 2.75) is 18.9 Å². The SMILES string of the molecule is O=[N+]([O-])c1ccc(Cl)c(OC2CCN(c3nccnn3)CC2)c1. The van der Waals surface area contributed by atoms with Crippen LogP contribution in [0.2, 0.25) is 5.02 Å². The van der Waals surface area contributed by atoms with Gasteiger partial charge in [-0.15, -0.1) is 5.10 Å². The molecular weight excluding hydrogens is 322 g/mol. The molecule has 0 unspecified atom stereocenters. The van der Waals surface area contributed by atoms with E-state index in [4.69, 9.17) is 16.3 Å². The van der Waals surface area contributed by atoms with Crippen molar-refractivity contribution in [3.05, 3.63) is 45.7 Å². The molecular formula is C14H14ClN5O3. The van der Waals surface area contributed by atoms with E-state index in [-0.39, 0.29) is 11.8 Å². The first-order valence-corrected chi connectivity index (χ1v) is 7.50. The minimum atomic E-state index is -0.467. The molecule has 1 aromatic carbocycles. The van der Waals surface area contributed by atoms with Gasteiger partial charge in [-0.2, -0.15) is 5.10 Å². The molecule has 1 saturated heterocycles. The maximum atomic E-state index is 10.8. The first-order valence-electron chi connectivity index (χ1n) is 7.13. The van der Waals surface area contributed by atoms with E-state index in [0.29, 0.717) is 16.7 Å². The number of aromatic nitrogens is 3. The van der Waals surface area contributed by atoms with Gasteiger partial charge in [0, 0.05) is 32.0 Å². The van der Waals surface area contributed by atoms with Crippen LogP contribution in [0.5, 0.6) is 5.75 Å². The largest absolute Gasteiger partial charge is 0.488 e. The van der Waals surface area contributed by atoms with Crippen LogP contribution in [0.25, 0.3) is 0 Å². The predicted molar refractivity (Wildman–Crippen MR) is 83.8 cm³/mol. The van der Waals surface area contributed by atoms with Crippen LogP contribution in [0.15, 0.2) is 30.6 Å². The minimum absolute atomic E-state index is 0.0365. The number of nitro groups is 1. The zero-order valence-corrected chi connectivity index (χ0v) is 12.9. The molecule has 0 spiro atoms. The van der Waals surface area contributed by atoms with Crippen molar-refractivity contribution >= 4 is 23.2 Å². The Hall–Kier alpha value is -2.48. The van der Waals surface area contributed by atoms with E-state index in [1.807, 2.05) is 4.90 Å². The second-order valence-electron chi connectivity index (χ2n) is 5.12. The predicted octanol–water partition coefficient (Wildman–Crippen LogP) is 2.48. The highest BCUT2D eigenvalue weighted by molar-refractivity contribution is 6.32. The molecule has 0 atom stereocenters. The number of rotatable bonds is 4. The fourth-order valence-corrected chi connectivity index (χ4v) is 2.60. The Balaban J connectivity index is 1.63. The van der Waals surface area contributed by atoms with Crippen LogP contribution in [0.1, 0.15) is 12.8 Å². The average Bonchev–Trinajstić information content (AvgIpc) is 2.58. The van der Waals surface area contributed by atoms with Gasteiger partial charge in [-0.05, 0) is 6.07 Å². The quantitative estimate of drug-likeness (QED) is 0.625. The van der Waals surface area contributed by atoms with E-state index in [2.05, 4.69) is 15.2 Å². The highest BCUT2D eigenvalue weighted by Gasteiger charge is 2.23. The molecule has 0 N–H and O–H groups in total. The number of anilines is 1. The van der Waals surface area contributed by atoms with Crippen molar-refractivity contribution in [2.75, 3.05) is 18.0 Å². The molecule has 0 amide bonds. The maximum absolute atomic E-state index is 10.8. The average molecular weight is 336 g/mol. The minimum Gasteiger partial charge on any atom is -0.488 e. The molecule has 0 radical (unpaired) electrons. The number of nitrogens with zero attached hydrogens (tertiary/aromatic N) is 5. The second-order valence-corrected chi connectivity index (χ2v) is 5.53. The summed E-state index contributed by atoms with van der Waals surface area (Å²) in [6, 6.07) is 4.20. The Morgan fingerprint density at radius 3 is 2.74 bits per heavy atom. The molecule has 0 aliphatic carbocycles. The third-order valence-electron chi connectivity index (χ3n) is 3.61. The second kappa shape index (κ2) is 6.74. The van der Waals surface area contributed by atoms with E-state index in [0.717, 1.165) is 25.9 Å². The number of hydrogen-bond acceptors (Lipinski definition) is 7. The van der Waals surface area contributed by atoms with Gasteiger partial charge in [0.1, 0.15) is 11.9 Å². The highest BCUT2D eigenvalue weighted by atomic mass is 35.5. The molecule has 1 aromatic heterocycles. The van der Waals surface area contributed by atoms with E-state index in [1.54, 1.807) is 6.20 Å². The molecule has 2 aromatic rings. The fraction of sp³-hybridized carbons (Fsp3) is 0.357. The Labute approximate surface area is 137 Å². The summed E-state index contributed by atoms with van der Waals surface area (Å²) < 4.78 is 5.84. The van der Waals surface area contributed by atoms with Gasteiger partial charge >= 0.3 is 0 Å². The Bertz CT molecular complexity index is 692. The smallest absolute Gasteiger partial charge is 0.273 e. The molecule has 3 rings (SSSR count). The summed E-state index contributed by atoms with van der Waals surface area (Å²) in [5.41, 5.74) is -0.0365. The molecule has 1 aliphatic heterocycles. The Morgan fingerprint density at radius 2 is 2.09 bits per heavy atom. The molecule has 8 nitrogen and oxygen atoms in total. The number of benzene rings is 1. The number of non-ortho nitro benzene ring substituents is 1. The van der Waals surface area contributed by atoms with Gasteiger partial charge in [-0.3, -0.25) is 10.1 Å². The Kier molecular flexibility index (Phi) is 4.52. The fourth-order valence-electron chi connectivity index (χ4n) is 2.43. The van der Waals surface area contributed by atoms with E-state index in [1.165, 1.54) is 24.4 Å². The summed E-state index contributed by atoms with van der Waals surface area (Å²) >= 11 is 6.06. The van der Waals surface area contributed by atoms with Crippen molar-refractivity contribution in [1.29, 1.82) is 0 Å². The maximum Gasteiger partial charge on any atom is 0.273 e. The van der Waals surface area contributed by atoms with E-state index in [9.17, 15) is 10.1 Å². The molecule has 1 fully saturated rings. The molecule has 1 aliphatic rings. The van der Waals surface area contributed by atoms with Crippen LogP contribution in [-0.4, -0.2) is 39.3 Å². The monoisotopic (exact) mass is 335 g/mol. The van der Waals surface area contributed by atoms with Crippen LogP contribution in [0.3, 0.4) is 0 Å². The number of nitro benzene ring substituents is 1. The summed E-state index contributed by atoms with van der Waals surface area (Å²) in [6.07, 6.45) is 4.58. The number of piperidine rings is 1. The summed E-state index contributed by atoms with van der Waals surface area (Å²) in [5.74, 6) is 0.941. The molecule has 120 valence electrons. The summed E-state index contributed by atoms with van der Waals surface area (Å²) in [4.78, 5) is 16.6. The number of halogens is 1. The van der Waals surface area contributed by atoms with E-state index < -0.39 is 4.92 Å². The summed E-state index contributed by atoms with van der Waals surface area (Å²) in [5, 5.41) is 19.0. The van der Waals surface area contributed by atoms with Crippen molar-refractivity contribution < 1.29 is 9.66 Å². The molecule has 9 heteroatoms. The lowest BCUT2D eigenvalue weighted by molar-refractivity contribution is -0.384. The number of ether oxygens (including phenoxy) is 1. The lowest BCUT2D eigenvalue weighted by atomic mass is 10.1. The van der Waals surface area contributed by atoms with Crippen LogP contribution >= 0.6 is 11.6 Å². The highest BCUT2D eigenvalue weighted by Crippen LogP contribution is 2.31. The standard InChI is InChI=1S/C14H14ClN5O3/c15-12-2-1-10(20(21)22)9-13(12)23-11-3-7-19(8-4-11)14-16-5-6-17-18-14/h1-2,5-6,9,11H,3-4,7-8H2. The van der Waals surface area contributed by atoms with Gasteiger partial charge in [0.05, 0.1) is 28.4 Å². The van der Waals surface area contributed by atoms with Crippen molar-refractivity contribution in [3.8, 4) is 5.75 Å². The van der Waals surface area contributed by atoms with E-state index >= 15 is 0 Å². The zero-order valence-electron chi connectivity index (χ0n) is 12.1. The third kappa shape index (κ3) is 3.65. The van der Waals surface area contributed by atoms with Gasteiger partial charge in [0.25, 0.3) is 5.69 Å². The van der Waals surface area contributed by atoms with Gasteiger partial charge in [0.15, 0.2) is 0 Å². The van der Waals surface area contributed by atoms with Gasteiger partial charge in [-0.1, -0.05) is 11.6 Å². The first kappa shape index (κ1) is 15.4. The summed E-state index contributed by atoms with van der Waals surface area (Å²) in [6.45, 7) is 1.45. The molecule has 0 bridgehead atoms. The van der Waals surface area contributed by atoms with Crippen molar-refractivity contribution in [1.82, 2.24) is 15.2 Å². The van der Waals surface area contributed by atoms with Crippen LogP contribution in [-0.2, 0) is 0 Å². The normalized spacial score (nSPS) is 15.4. The first-order chi connectivity index (χ1) is 11.1. The van der Waals surface area contributed by atoms with Crippen LogP contribution < -0.4 is 9.64 Å². The van der Waals surface area contributed by atoms with Crippen molar-refractivity contribution in [2.24, 2.45) is 0 Å². The number of hydrogen-bond donors (Lipinski definition) is 0. The van der Waals surface area contributed by atoms with Crippen molar-refractivity contribution in [3.63, 3.8) is 0 Å². The lowest BCUT2D eigenvalue weighted by Crippen LogP contribution is -2.39. The van der Waals surface area contributed by atoms with Crippen LogP contribution in [0.4, 0.5) is 11.6 Å². The molecule has 23 heavy (non-hydrogen) atoms. The molecule has 2 heterocycles. The third-order valence-corrected chi connectivity index (χ3v) is 3.93. The van der Waals surface area contributed by atoms with Gasteiger partial charge in [-0.25, -0.2) is 4.98 Å². The van der Waals surface area contributed by atoms with Gasteiger partial charge in [0.2, 0.25) is 5.95 Å². The van der Waals surface area contributed by atoms with Gasteiger partial charge < -0.3 is 9.64 Å². The Morgan fingerprint density at radius 1 is 1.30 bits per heavy atom. The molecule has 0 saturated carbocycles.